The molecule has 0 N–H and O–H groups in total. The molecule has 8 aromatic carbocycles. The predicted octanol–water partition coefficient (Wildman–Crippen LogP) is 19.8. The summed E-state index contributed by atoms with van der Waals surface area (Å²) in [7, 11) is 0. The Hall–Kier alpha value is -5.72. The molecule has 0 saturated heterocycles. The first-order valence-corrected chi connectivity index (χ1v) is 26.8. The van der Waals surface area contributed by atoms with Gasteiger partial charge in [0.2, 0.25) is 0 Å². The fourth-order valence-corrected chi connectivity index (χ4v) is 14.8. The van der Waals surface area contributed by atoms with E-state index in [1.165, 1.54) is 187 Å². The van der Waals surface area contributed by atoms with E-state index in [0.29, 0.717) is 0 Å². The van der Waals surface area contributed by atoms with Crippen molar-refractivity contribution in [1.82, 2.24) is 0 Å². The van der Waals surface area contributed by atoms with E-state index in [9.17, 15) is 0 Å². The van der Waals surface area contributed by atoms with Crippen LogP contribution in [0.15, 0.2) is 22.3 Å². The molecule has 8 aromatic rings. The maximum atomic E-state index is 2.52. The molecular formula is C70H76. The average molecular weight is 917 g/mol. The van der Waals surface area contributed by atoms with E-state index in [1.807, 2.05) is 0 Å². The third kappa shape index (κ3) is 5.95. The highest BCUT2D eigenvalue weighted by Crippen LogP contribution is 2.52. The molecule has 70 heavy (non-hydrogen) atoms. The van der Waals surface area contributed by atoms with E-state index < -0.39 is 0 Å². The van der Waals surface area contributed by atoms with Crippen molar-refractivity contribution in [2.75, 3.05) is 0 Å². The maximum absolute atomic E-state index is 2.52. The van der Waals surface area contributed by atoms with Gasteiger partial charge in [0, 0.05) is 0 Å². The Labute approximate surface area is 419 Å². The van der Waals surface area contributed by atoms with Gasteiger partial charge in [-0.05, 0) is 361 Å². The van der Waals surface area contributed by atoms with Crippen LogP contribution in [0.3, 0.4) is 0 Å². The van der Waals surface area contributed by atoms with Crippen LogP contribution in [0.2, 0.25) is 0 Å². The molecule has 0 aromatic heterocycles. The Morgan fingerprint density at radius 3 is 0.900 bits per heavy atom. The quantitative estimate of drug-likeness (QED) is 0.152. The van der Waals surface area contributed by atoms with E-state index in [1.54, 1.807) is 33.4 Å². The van der Waals surface area contributed by atoms with Crippen LogP contribution in [0.4, 0.5) is 0 Å². The SMILES string of the molecule is CCC1=Cc2c(C)c(C)c3c(c(C)c(C)c4c5c(C)c(C)c6c(c5c(C)c(C)c34)CC(C)=C6)c2C1.CCC1=Cc2c(c(C)c(C)c3c2c(C)c(C)c2c4c(C)c(C)c5c(c4c(C)c(C)c32)C=C(C)C5)C1. The van der Waals surface area contributed by atoms with Gasteiger partial charge in [0.15, 0.2) is 0 Å². The Bertz CT molecular complexity index is 3980. The lowest BCUT2D eigenvalue weighted by Gasteiger charge is -2.26. The summed E-state index contributed by atoms with van der Waals surface area (Å²) in [6.45, 7) is 47.1. The Balaban J connectivity index is 0.000000152. The van der Waals surface area contributed by atoms with Gasteiger partial charge < -0.3 is 0 Å². The summed E-state index contributed by atoms with van der Waals surface area (Å²) in [5.74, 6) is 0. The van der Waals surface area contributed by atoms with Crippen LogP contribution in [0.5, 0.6) is 0 Å². The van der Waals surface area contributed by atoms with Crippen molar-refractivity contribution in [2.45, 2.75) is 177 Å². The first-order chi connectivity index (χ1) is 33.2. The molecule has 0 unspecified atom stereocenters. The molecule has 356 valence electrons. The van der Waals surface area contributed by atoms with Crippen molar-refractivity contribution in [3.05, 3.63) is 156 Å². The first kappa shape index (κ1) is 46.7. The normalized spacial score (nSPS) is 14.8. The zero-order valence-electron chi connectivity index (χ0n) is 46.6. The summed E-state index contributed by atoms with van der Waals surface area (Å²) < 4.78 is 0. The fourth-order valence-electron chi connectivity index (χ4n) is 14.8. The summed E-state index contributed by atoms with van der Waals surface area (Å²) in [5, 5.41) is 18.1. The van der Waals surface area contributed by atoms with E-state index in [-0.39, 0.29) is 0 Å². The van der Waals surface area contributed by atoms with Gasteiger partial charge >= 0.3 is 0 Å². The summed E-state index contributed by atoms with van der Waals surface area (Å²) in [5.41, 5.74) is 41.9. The van der Waals surface area contributed by atoms with Crippen molar-refractivity contribution in [2.24, 2.45) is 0 Å². The Kier molecular flexibility index (Phi) is 10.6. The molecule has 0 nitrogen and oxygen atoms in total. The summed E-state index contributed by atoms with van der Waals surface area (Å²) in [4.78, 5) is 0. The molecule has 0 radical (unpaired) electrons. The van der Waals surface area contributed by atoms with Crippen LogP contribution in [0, 0.1) is 111 Å². The molecule has 0 heterocycles. The van der Waals surface area contributed by atoms with Gasteiger partial charge in [-0.3, -0.25) is 0 Å². The topological polar surface area (TPSA) is 0 Å². The van der Waals surface area contributed by atoms with Crippen LogP contribution in [0.1, 0.15) is 174 Å². The number of aryl methyl sites for hydroxylation is 12. The van der Waals surface area contributed by atoms with E-state index in [0.717, 1.165) is 38.5 Å². The third-order valence-corrected chi connectivity index (χ3v) is 19.8. The van der Waals surface area contributed by atoms with Crippen LogP contribution >= 0.6 is 0 Å². The number of hydrogen-bond donors (Lipinski definition) is 0. The number of rotatable bonds is 2. The van der Waals surface area contributed by atoms with Crippen LogP contribution in [-0.4, -0.2) is 0 Å². The van der Waals surface area contributed by atoms with Gasteiger partial charge in [0.1, 0.15) is 0 Å². The average Bonchev–Trinajstić information content (AvgIpc) is 4.15. The lowest BCUT2D eigenvalue weighted by molar-refractivity contribution is 1.03. The first-order valence-electron chi connectivity index (χ1n) is 26.8. The smallest absolute Gasteiger partial charge is 0.00516 e. The highest BCUT2D eigenvalue weighted by Gasteiger charge is 2.30. The molecule has 0 atom stereocenters. The van der Waals surface area contributed by atoms with Gasteiger partial charge in [0.05, 0.1) is 0 Å². The van der Waals surface area contributed by atoms with Gasteiger partial charge in [-0.1, -0.05) is 60.4 Å². The lowest BCUT2D eigenvalue weighted by atomic mass is 9.78. The largest absolute Gasteiger partial charge is 0.0683 e. The molecule has 0 saturated carbocycles. The second kappa shape index (κ2) is 15.9. The van der Waals surface area contributed by atoms with Gasteiger partial charge in [-0.2, -0.15) is 0 Å². The molecule has 12 rings (SSSR count). The molecule has 0 bridgehead atoms. The zero-order valence-corrected chi connectivity index (χ0v) is 46.6. The van der Waals surface area contributed by atoms with Crippen LogP contribution in [-0.2, 0) is 25.7 Å². The molecule has 4 aliphatic rings. The maximum Gasteiger partial charge on any atom is -0.00516 e. The van der Waals surface area contributed by atoms with Crippen LogP contribution in [0.25, 0.3) is 88.9 Å². The predicted molar refractivity (Wildman–Crippen MR) is 312 cm³/mol. The molecule has 4 aliphatic carbocycles. The standard InChI is InChI=1S/2C35H38/c2*1-11-25-14-27-18(4)20(6)33-31(29(27)15-25)22(8)24(10)34-32-19(5)17(3)26-12-16(2)13-28(26)30(32)21(7)23(9)35(33)34/h13,15H,11-12,14H2,1-10H3;12,14H,11,13,15H2,1-10H3. The van der Waals surface area contributed by atoms with Gasteiger partial charge in [0.25, 0.3) is 0 Å². The van der Waals surface area contributed by atoms with E-state index in [2.05, 4.69) is 163 Å². The van der Waals surface area contributed by atoms with Crippen molar-refractivity contribution >= 4 is 88.9 Å². The molecular weight excluding hydrogens is 841 g/mol. The van der Waals surface area contributed by atoms with Gasteiger partial charge in [-0.25, -0.2) is 0 Å². The highest BCUT2D eigenvalue weighted by atomic mass is 14.3. The summed E-state index contributed by atoms with van der Waals surface area (Å²) >= 11 is 0. The molecule has 0 fully saturated rings. The second-order valence-corrected chi connectivity index (χ2v) is 23.1. The molecule has 0 heteroatoms. The summed E-state index contributed by atoms with van der Waals surface area (Å²) in [6, 6.07) is 0. The fraction of sp³-hybridized carbons (Fsp3) is 0.371. The van der Waals surface area contributed by atoms with Crippen molar-refractivity contribution in [3.63, 3.8) is 0 Å². The lowest BCUT2D eigenvalue weighted by Crippen LogP contribution is -2.04. The van der Waals surface area contributed by atoms with Crippen LogP contribution < -0.4 is 0 Å². The highest BCUT2D eigenvalue weighted by molar-refractivity contribution is 6.27. The molecule has 0 spiro atoms. The molecule has 0 amide bonds. The Morgan fingerprint density at radius 1 is 0.229 bits per heavy atom. The van der Waals surface area contributed by atoms with E-state index in [4.69, 9.17) is 0 Å². The number of benzene rings is 8. The Morgan fingerprint density at radius 2 is 0.471 bits per heavy atom. The second-order valence-electron chi connectivity index (χ2n) is 23.1. The number of hydrogen-bond acceptors (Lipinski definition) is 0. The van der Waals surface area contributed by atoms with Crippen molar-refractivity contribution in [3.8, 4) is 0 Å². The number of fused-ring (bicyclic) bond motifs is 18. The minimum Gasteiger partial charge on any atom is -0.0683 e. The van der Waals surface area contributed by atoms with Gasteiger partial charge in [-0.15, -0.1) is 0 Å². The minimum atomic E-state index is 1.08. The van der Waals surface area contributed by atoms with Crippen molar-refractivity contribution in [1.29, 1.82) is 0 Å². The minimum absolute atomic E-state index is 1.08. The van der Waals surface area contributed by atoms with E-state index >= 15 is 0 Å². The number of allylic oxidation sites excluding steroid dienone is 4. The third-order valence-electron chi connectivity index (χ3n) is 19.8. The monoisotopic (exact) mass is 917 g/mol. The molecule has 0 aliphatic heterocycles. The zero-order chi connectivity index (χ0) is 50.2. The van der Waals surface area contributed by atoms with Crippen molar-refractivity contribution < 1.29 is 0 Å². The summed E-state index contributed by atoms with van der Waals surface area (Å²) in [6.07, 6.45) is 16.6.